The Labute approximate surface area is 176 Å². The first-order chi connectivity index (χ1) is 13.8. The van der Waals surface area contributed by atoms with Crippen LogP contribution in [-0.4, -0.2) is 26.1 Å². The average molecular weight is 436 g/mol. The molecule has 4 aromatic rings. The van der Waals surface area contributed by atoms with Gasteiger partial charge in [0, 0.05) is 18.3 Å². The van der Waals surface area contributed by atoms with Crippen LogP contribution in [0, 0.1) is 6.92 Å². The third kappa shape index (κ3) is 4.46. The number of halogens is 4. The number of fused-ring (bicyclic) bond motifs is 1. The van der Waals surface area contributed by atoms with Gasteiger partial charge in [0.25, 0.3) is 0 Å². The van der Waals surface area contributed by atoms with Crippen LogP contribution >= 0.6 is 12.4 Å². The molecule has 0 aliphatic heterocycles. The summed E-state index contributed by atoms with van der Waals surface area (Å²) in [5.41, 5.74) is 3.53. The monoisotopic (exact) mass is 435 g/mol. The Morgan fingerprint density at radius 2 is 1.63 bits per heavy atom. The molecular formula is C20H17ClF3N5O. The normalized spacial score (nSPS) is 11.2. The number of aryl methyl sites for hydroxylation is 2. The van der Waals surface area contributed by atoms with Gasteiger partial charge < -0.3 is 10.1 Å². The Morgan fingerprint density at radius 1 is 0.967 bits per heavy atom. The van der Waals surface area contributed by atoms with Crippen LogP contribution in [-0.2, 0) is 7.05 Å². The fourth-order valence-corrected chi connectivity index (χ4v) is 3.02. The zero-order valence-electron chi connectivity index (χ0n) is 15.9. The Hall–Kier alpha value is -3.33. The molecule has 4 rings (SSSR count). The van der Waals surface area contributed by atoms with Crippen LogP contribution in [0.4, 0.5) is 24.7 Å². The number of hydrogen-bond acceptors (Lipinski definition) is 5. The van der Waals surface area contributed by atoms with Gasteiger partial charge in [-0.25, -0.2) is 9.97 Å². The lowest BCUT2D eigenvalue weighted by atomic mass is 10.2. The maximum atomic E-state index is 12.4. The molecule has 2 aromatic heterocycles. The van der Waals surface area contributed by atoms with Crippen LogP contribution in [0.1, 0.15) is 5.69 Å². The van der Waals surface area contributed by atoms with Gasteiger partial charge in [0.15, 0.2) is 11.6 Å². The molecule has 0 amide bonds. The second-order valence-electron chi connectivity index (χ2n) is 6.37. The van der Waals surface area contributed by atoms with Gasteiger partial charge in [-0.15, -0.1) is 25.6 Å². The van der Waals surface area contributed by atoms with Crippen LogP contribution in [0.3, 0.4) is 0 Å². The lowest BCUT2D eigenvalue weighted by Crippen LogP contribution is -2.17. The Kier molecular flexibility index (Phi) is 5.84. The minimum Gasteiger partial charge on any atom is -0.406 e. The summed E-state index contributed by atoms with van der Waals surface area (Å²) in [5.74, 6) is 0.729. The highest BCUT2D eigenvalue weighted by atomic mass is 35.5. The summed E-state index contributed by atoms with van der Waals surface area (Å²) >= 11 is 0. The molecule has 0 spiro atoms. The molecule has 0 fully saturated rings. The summed E-state index contributed by atoms with van der Waals surface area (Å²) in [6.45, 7) is 1.86. The minimum atomic E-state index is -4.73. The molecule has 10 heteroatoms. The Bertz CT molecular complexity index is 1160. The quantitative estimate of drug-likeness (QED) is 0.464. The fourth-order valence-electron chi connectivity index (χ4n) is 3.02. The molecule has 0 bridgehead atoms. The number of anilines is 2. The summed E-state index contributed by atoms with van der Waals surface area (Å²) in [6, 6.07) is 14.9. The van der Waals surface area contributed by atoms with Crippen LogP contribution in [0.15, 0.2) is 54.6 Å². The molecule has 156 valence electrons. The molecule has 0 saturated carbocycles. The fraction of sp³-hybridized carbons (Fsp3) is 0.150. The molecule has 1 N–H and O–H groups in total. The molecule has 2 aromatic carbocycles. The number of nitrogens with one attached hydrogen (secondary N) is 1. The number of benzene rings is 2. The zero-order valence-corrected chi connectivity index (χ0v) is 16.8. The predicted octanol–water partition coefficient (Wildman–Crippen LogP) is 5.40. The minimum absolute atomic E-state index is 0. The van der Waals surface area contributed by atoms with Crippen molar-refractivity contribution in [1.82, 2.24) is 19.7 Å². The number of hydrogen-bond donors (Lipinski definition) is 1. The van der Waals surface area contributed by atoms with E-state index in [9.17, 15) is 13.2 Å². The second-order valence-corrected chi connectivity index (χ2v) is 6.37. The van der Waals surface area contributed by atoms with Gasteiger partial charge >= 0.3 is 6.36 Å². The Balaban J connectivity index is 0.00000256. The van der Waals surface area contributed by atoms with Crippen molar-refractivity contribution in [2.24, 2.45) is 7.05 Å². The van der Waals surface area contributed by atoms with Gasteiger partial charge in [-0.3, -0.25) is 4.68 Å². The van der Waals surface area contributed by atoms with E-state index in [1.54, 1.807) is 11.7 Å². The van der Waals surface area contributed by atoms with Crippen molar-refractivity contribution in [1.29, 1.82) is 0 Å². The molecule has 0 saturated heterocycles. The van der Waals surface area contributed by atoms with E-state index < -0.39 is 6.36 Å². The largest absolute Gasteiger partial charge is 0.573 e. The van der Waals surface area contributed by atoms with E-state index in [0.717, 1.165) is 11.3 Å². The summed E-state index contributed by atoms with van der Waals surface area (Å²) < 4.78 is 42.6. The van der Waals surface area contributed by atoms with Crippen molar-refractivity contribution in [2.75, 3.05) is 5.32 Å². The van der Waals surface area contributed by atoms with E-state index in [0.29, 0.717) is 28.4 Å². The van der Waals surface area contributed by atoms with Crippen molar-refractivity contribution in [3.05, 3.63) is 60.3 Å². The zero-order chi connectivity index (χ0) is 20.6. The molecule has 30 heavy (non-hydrogen) atoms. The number of nitrogens with zero attached hydrogens (tertiary/aromatic N) is 4. The third-order valence-corrected chi connectivity index (χ3v) is 4.23. The average Bonchev–Trinajstić information content (AvgIpc) is 2.97. The maximum Gasteiger partial charge on any atom is 0.573 e. The van der Waals surface area contributed by atoms with Crippen LogP contribution in [0.2, 0.25) is 0 Å². The molecule has 6 nitrogen and oxygen atoms in total. The van der Waals surface area contributed by atoms with E-state index in [1.165, 1.54) is 24.3 Å². The Morgan fingerprint density at radius 3 is 2.27 bits per heavy atom. The number of rotatable bonds is 4. The van der Waals surface area contributed by atoms with Crippen LogP contribution in [0.25, 0.3) is 22.4 Å². The predicted molar refractivity (Wildman–Crippen MR) is 110 cm³/mol. The van der Waals surface area contributed by atoms with Gasteiger partial charge in [0.1, 0.15) is 16.8 Å². The van der Waals surface area contributed by atoms with Gasteiger partial charge in [0.05, 0.1) is 5.69 Å². The van der Waals surface area contributed by atoms with Crippen LogP contribution in [0.5, 0.6) is 5.75 Å². The second kappa shape index (κ2) is 8.19. The van der Waals surface area contributed by atoms with Crippen molar-refractivity contribution in [3.8, 4) is 17.1 Å². The first kappa shape index (κ1) is 21.4. The van der Waals surface area contributed by atoms with E-state index in [4.69, 9.17) is 0 Å². The third-order valence-electron chi connectivity index (χ3n) is 4.23. The summed E-state index contributed by atoms with van der Waals surface area (Å²) in [5, 5.41) is 7.56. The van der Waals surface area contributed by atoms with Crippen LogP contribution < -0.4 is 10.1 Å². The van der Waals surface area contributed by atoms with Gasteiger partial charge in [-0.05, 0) is 31.2 Å². The molecule has 0 aliphatic carbocycles. The standard InChI is InChI=1S/C20H16F3N5O.ClH/c1-12-16-17(28(2)27-12)19(26-18(25-16)13-6-4-3-5-7-13)24-14-8-10-15(11-9-14)29-20(21,22)23;/h3-11H,1-2H3,(H,24,25,26);1H. The van der Waals surface area contributed by atoms with E-state index >= 15 is 0 Å². The number of ether oxygens (including phenoxy) is 1. The van der Waals surface area contributed by atoms with Gasteiger partial charge in [-0.2, -0.15) is 5.10 Å². The number of alkyl halides is 3. The first-order valence-electron chi connectivity index (χ1n) is 8.70. The van der Waals surface area contributed by atoms with Gasteiger partial charge in [-0.1, -0.05) is 30.3 Å². The highest BCUT2D eigenvalue weighted by Crippen LogP contribution is 2.30. The van der Waals surface area contributed by atoms with Crippen molar-refractivity contribution < 1.29 is 17.9 Å². The smallest absolute Gasteiger partial charge is 0.406 e. The first-order valence-corrected chi connectivity index (χ1v) is 8.70. The highest BCUT2D eigenvalue weighted by Gasteiger charge is 2.31. The van der Waals surface area contributed by atoms with Crippen molar-refractivity contribution >= 4 is 34.9 Å². The molecule has 0 aliphatic rings. The highest BCUT2D eigenvalue weighted by molar-refractivity contribution is 5.91. The summed E-state index contributed by atoms with van der Waals surface area (Å²) in [4.78, 5) is 9.27. The lowest BCUT2D eigenvalue weighted by molar-refractivity contribution is -0.274. The molecular weight excluding hydrogens is 419 g/mol. The topological polar surface area (TPSA) is 64.9 Å². The van der Waals surface area contributed by atoms with E-state index in [1.807, 2.05) is 37.3 Å². The number of aromatic nitrogens is 4. The summed E-state index contributed by atoms with van der Waals surface area (Å²) in [7, 11) is 1.78. The van der Waals surface area contributed by atoms with E-state index in [-0.39, 0.29) is 18.2 Å². The van der Waals surface area contributed by atoms with Crippen molar-refractivity contribution in [3.63, 3.8) is 0 Å². The molecule has 0 radical (unpaired) electrons. The summed E-state index contributed by atoms with van der Waals surface area (Å²) in [6.07, 6.45) is -4.73. The lowest BCUT2D eigenvalue weighted by Gasteiger charge is -2.12. The molecule has 0 unspecified atom stereocenters. The van der Waals surface area contributed by atoms with E-state index in [2.05, 4.69) is 25.1 Å². The van der Waals surface area contributed by atoms with Gasteiger partial charge in [0.2, 0.25) is 0 Å². The molecule has 2 heterocycles. The SMILES string of the molecule is Cc1nn(C)c2c(Nc3ccc(OC(F)(F)F)cc3)nc(-c3ccccc3)nc12.Cl. The van der Waals surface area contributed by atoms with Crippen molar-refractivity contribution in [2.45, 2.75) is 13.3 Å². The molecule has 0 atom stereocenters. The maximum absolute atomic E-state index is 12.4.